The molecular formula is C29H44S2Si. The van der Waals surface area contributed by atoms with Crippen LogP contribution >= 0.6 is 23.5 Å². The smallest absolute Gasteiger partial charge is 0.0487 e. The van der Waals surface area contributed by atoms with Crippen molar-refractivity contribution in [2.45, 2.75) is 108 Å². The first-order chi connectivity index (χ1) is 14.6. The molecule has 0 atom stereocenters. The molecule has 2 aromatic carbocycles. The number of rotatable bonds is 2. The van der Waals surface area contributed by atoms with Crippen LogP contribution in [0.5, 0.6) is 0 Å². The average molecular weight is 485 g/mol. The lowest BCUT2D eigenvalue weighted by Crippen LogP contribution is -2.26. The van der Waals surface area contributed by atoms with Crippen molar-refractivity contribution in [2.24, 2.45) is 0 Å². The van der Waals surface area contributed by atoms with Crippen LogP contribution in [0.3, 0.4) is 0 Å². The van der Waals surface area contributed by atoms with Gasteiger partial charge in [0.15, 0.2) is 0 Å². The summed E-state index contributed by atoms with van der Waals surface area (Å²) in [4.78, 5) is 0. The van der Waals surface area contributed by atoms with Crippen molar-refractivity contribution in [3.63, 3.8) is 0 Å². The van der Waals surface area contributed by atoms with E-state index in [1.54, 1.807) is 16.7 Å². The van der Waals surface area contributed by atoms with E-state index in [9.17, 15) is 0 Å². The Bertz CT molecular complexity index is 916. The highest BCUT2D eigenvalue weighted by Gasteiger charge is 2.24. The third-order valence-electron chi connectivity index (χ3n) is 6.53. The molecule has 0 radical (unpaired) electrons. The van der Waals surface area contributed by atoms with Crippen LogP contribution in [0.4, 0.5) is 0 Å². The molecule has 1 heterocycles. The molecule has 32 heavy (non-hydrogen) atoms. The molecule has 0 nitrogen and oxygen atoms in total. The first-order valence-corrected chi connectivity index (χ1v) is 18.1. The Morgan fingerprint density at radius 3 is 1.34 bits per heavy atom. The summed E-state index contributed by atoms with van der Waals surface area (Å²) in [7, 11) is -1.21. The van der Waals surface area contributed by atoms with Crippen LogP contribution in [0, 0.1) is 6.92 Å². The summed E-state index contributed by atoms with van der Waals surface area (Å²) in [5, 5.41) is 0. The Morgan fingerprint density at radius 1 is 0.656 bits per heavy atom. The lowest BCUT2D eigenvalue weighted by Gasteiger charge is -2.28. The maximum Gasteiger partial charge on any atom is 0.0487 e. The Kier molecular flexibility index (Phi) is 7.75. The molecule has 1 aliphatic heterocycles. The number of hydrogen-bond acceptors (Lipinski definition) is 2. The molecule has 0 saturated heterocycles. The fourth-order valence-electron chi connectivity index (χ4n) is 4.36. The van der Waals surface area contributed by atoms with Crippen molar-refractivity contribution in [1.29, 1.82) is 0 Å². The van der Waals surface area contributed by atoms with Crippen molar-refractivity contribution < 1.29 is 0 Å². The highest BCUT2D eigenvalue weighted by molar-refractivity contribution is 7.98. The first kappa shape index (κ1) is 26.0. The maximum atomic E-state index is 2.55. The van der Waals surface area contributed by atoms with Crippen LogP contribution in [0.1, 0.15) is 86.1 Å². The predicted octanol–water partition coefficient (Wildman–Crippen LogP) is 9.19. The van der Waals surface area contributed by atoms with Gasteiger partial charge in [0.1, 0.15) is 0 Å². The van der Waals surface area contributed by atoms with E-state index in [0.29, 0.717) is 0 Å². The summed E-state index contributed by atoms with van der Waals surface area (Å²) >= 11 is 4.23. The van der Waals surface area contributed by atoms with E-state index in [0.717, 1.165) is 23.0 Å². The molecule has 0 aromatic heterocycles. The summed E-state index contributed by atoms with van der Waals surface area (Å²) in [6.45, 7) is 24.0. The molecule has 176 valence electrons. The zero-order valence-corrected chi connectivity index (χ0v) is 24.8. The number of thioether (sulfide) groups is 2. The fraction of sp³-hybridized carbons (Fsp3) is 0.586. The van der Waals surface area contributed by atoms with Gasteiger partial charge in [-0.25, -0.2) is 0 Å². The van der Waals surface area contributed by atoms with Crippen LogP contribution in [0.25, 0.3) is 0 Å². The molecule has 0 spiro atoms. The number of benzene rings is 2. The van der Waals surface area contributed by atoms with E-state index in [4.69, 9.17) is 0 Å². The van der Waals surface area contributed by atoms with E-state index in [1.165, 1.54) is 33.9 Å². The molecule has 0 saturated carbocycles. The van der Waals surface area contributed by atoms with Crippen LogP contribution in [-0.2, 0) is 39.9 Å². The van der Waals surface area contributed by atoms with Gasteiger partial charge in [0, 0.05) is 31.1 Å². The second kappa shape index (κ2) is 9.54. The number of hydrogen-bond donors (Lipinski definition) is 0. The van der Waals surface area contributed by atoms with Gasteiger partial charge in [-0.3, -0.25) is 0 Å². The predicted molar refractivity (Wildman–Crippen MR) is 152 cm³/mol. The van der Waals surface area contributed by atoms with Crippen LogP contribution < -0.4 is 0 Å². The quantitative estimate of drug-likeness (QED) is 0.390. The van der Waals surface area contributed by atoms with Crippen molar-refractivity contribution in [1.82, 2.24) is 0 Å². The molecule has 0 N–H and O–H groups in total. The van der Waals surface area contributed by atoms with Crippen LogP contribution in [0.15, 0.2) is 24.3 Å². The topological polar surface area (TPSA) is 0 Å². The Morgan fingerprint density at radius 2 is 1.00 bits per heavy atom. The normalized spacial score (nSPS) is 15.8. The zero-order chi connectivity index (χ0) is 23.9. The molecular weight excluding hydrogens is 441 g/mol. The summed E-state index contributed by atoms with van der Waals surface area (Å²) in [6, 6.07) is 11.4. The molecule has 0 unspecified atom stereocenters. The zero-order valence-electron chi connectivity index (χ0n) is 22.2. The summed E-state index contributed by atoms with van der Waals surface area (Å²) < 4.78 is 0. The lowest BCUT2D eigenvalue weighted by atomic mass is 9.84. The third-order valence-corrected chi connectivity index (χ3v) is 10.0. The van der Waals surface area contributed by atoms with Gasteiger partial charge in [-0.05, 0) is 68.3 Å². The Labute approximate surface area is 207 Å². The minimum atomic E-state index is -1.21. The van der Waals surface area contributed by atoms with E-state index < -0.39 is 8.07 Å². The number of fused-ring (bicyclic) bond motifs is 4. The second-order valence-corrected chi connectivity index (χ2v) is 20.4. The monoisotopic (exact) mass is 484 g/mol. The summed E-state index contributed by atoms with van der Waals surface area (Å²) in [5.74, 6) is 4.45. The van der Waals surface area contributed by atoms with Gasteiger partial charge in [-0.15, -0.1) is 0 Å². The van der Waals surface area contributed by atoms with E-state index >= 15 is 0 Å². The molecule has 3 heteroatoms. The fourth-order valence-corrected chi connectivity index (χ4v) is 8.07. The summed E-state index contributed by atoms with van der Waals surface area (Å²) in [6.07, 6.45) is 0. The summed E-state index contributed by atoms with van der Waals surface area (Å²) in [5.41, 5.74) is 12.8. The molecule has 1 aliphatic rings. The van der Waals surface area contributed by atoms with Gasteiger partial charge in [-0.1, -0.05) is 85.4 Å². The minimum Gasteiger partial charge on any atom is -0.152 e. The Hall–Kier alpha value is -0.643. The molecule has 0 fully saturated rings. The lowest BCUT2D eigenvalue weighted by molar-refractivity contribution is 0.588. The van der Waals surface area contributed by atoms with Gasteiger partial charge in [0.05, 0.1) is 0 Å². The SMILES string of the molecule is Cc1c2cc(C(C)(C)C)cc1CSCc1cc(C(C)(C)C)cc(c1C[Si](C)(C)C)CSC2. The second-order valence-electron chi connectivity index (χ2n) is 12.9. The van der Waals surface area contributed by atoms with Crippen molar-refractivity contribution in [3.8, 4) is 0 Å². The standard InChI is InChI=1S/C29H44S2Si/c1-20-21-11-25(28(2,3)4)12-22(20)16-31-18-24-14-26(29(5,6)7)13-23(17-30-15-21)27(24)19-32(8,9)10/h11-14H,15-19H2,1-10H3. The van der Waals surface area contributed by atoms with E-state index in [-0.39, 0.29) is 10.8 Å². The van der Waals surface area contributed by atoms with Gasteiger partial charge in [0.2, 0.25) is 0 Å². The molecule has 0 amide bonds. The molecule has 0 aliphatic carbocycles. The highest BCUT2D eigenvalue weighted by atomic mass is 32.2. The van der Waals surface area contributed by atoms with Crippen molar-refractivity contribution >= 4 is 31.6 Å². The third kappa shape index (κ3) is 6.48. The maximum absolute atomic E-state index is 2.55. The van der Waals surface area contributed by atoms with Gasteiger partial charge >= 0.3 is 0 Å². The van der Waals surface area contributed by atoms with Gasteiger partial charge < -0.3 is 0 Å². The Balaban J connectivity index is 2.07. The van der Waals surface area contributed by atoms with Gasteiger partial charge in [0.25, 0.3) is 0 Å². The first-order valence-electron chi connectivity index (χ1n) is 12.1. The highest BCUT2D eigenvalue weighted by Crippen LogP contribution is 2.37. The van der Waals surface area contributed by atoms with Crippen molar-refractivity contribution in [3.05, 3.63) is 68.8 Å². The van der Waals surface area contributed by atoms with E-state index in [2.05, 4.69) is 116 Å². The van der Waals surface area contributed by atoms with Crippen LogP contribution in [-0.4, -0.2) is 8.07 Å². The van der Waals surface area contributed by atoms with Gasteiger partial charge in [-0.2, -0.15) is 23.5 Å². The molecule has 2 aromatic rings. The molecule has 4 bridgehead atoms. The van der Waals surface area contributed by atoms with Crippen molar-refractivity contribution in [2.75, 3.05) is 0 Å². The van der Waals surface area contributed by atoms with Crippen LogP contribution in [0.2, 0.25) is 19.6 Å². The molecule has 3 rings (SSSR count). The minimum absolute atomic E-state index is 0.191. The van der Waals surface area contributed by atoms with E-state index in [1.807, 2.05) is 0 Å². The average Bonchev–Trinajstić information content (AvgIpc) is 2.62. The largest absolute Gasteiger partial charge is 0.152 e.